The molecule has 2 aliphatic heterocycles. The van der Waals surface area contributed by atoms with Crippen LogP contribution < -0.4 is 0 Å². The van der Waals surface area contributed by atoms with Crippen molar-refractivity contribution in [1.82, 2.24) is 9.91 Å². The summed E-state index contributed by atoms with van der Waals surface area (Å²) in [7, 11) is 0. The SMILES string of the molecule is O=C(CN1CCCCCCC1)N1N=C(c2ccc3ccccc3c2)CC1c1ccccc1. The van der Waals surface area contributed by atoms with Gasteiger partial charge >= 0.3 is 0 Å². The lowest BCUT2D eigenvalue weighted by atomic mass is 9.97. The summed E-state index contributed by atoms with van der Waals surface area (Å²) < 4.78 is 0. The van der Waals surface area contributed by atoms with Gasteiger partial charge in [-0.15, -0.1) is 0 Å². The third-order valence-electron chi connectivity index (χ3n) is 6.74. The van der Waals surface area contributed by atoms with Gasteiger partial charge in [0.2, 0.25) is 0 Å². The Morgan fingerprint density at radius 1 is 0.812 bits per heavy atom. The summed E-state index contributed by atoms with van der Waals surface area (Å²) in [6, 6.07) is 25.2. The van der Waals surface area contributed by atoms with Crippen molar-refractivity contribution >= 4 is 22.4 Å². The Labute approximate surface area is 190 Å². The summed E-state index contributed by atoms with van der Waals surface area (Å²) in [5.74, 6) is 0.107. The Hall–Kier alpha value is -2.98. The number of fused-ring (bicyclic) bond motifs is 1. The van der Waals surface area contributed by atoms with Crippen LogP contribution in [0.15, 0.2) is 77.9 Å². The molecule has 4 nitrogen and oxygen atoms in total. The summed E-state index contributed by atoms with van der Waals surface area (Å²) in [4.78, 5) is 15.8. The number of carbonyl (C=O) groups is 1. The molecule has 1 fully saturated rings. The van der Waals surface area contributed by atoms with Crippen LogP contribution in [0.3, 0.4) is 0 Å². The van der Waals surface area contributed by atoms with Gasteiger partial charge in [-0.1, -0.05) is 86.0 Å². The minimum Gasteiger partial charge on any atom is -0.294 e. The van der Waals surface area contributed by atoms with Crippen LogP contribution in [-0.2, 0) is 4.79 Å². The highest BCUT2D eigenvalue weighted by Crippen LogP contribution is 2.33. The van der Waals surface area contributed by atoms with Gasteiger partial charge in [-0.05, 0) is 53.9 Å². The van der Waals surface area contributed by atoms with E-state index in [1.807, 2.05) is 18.2 Å². The van der Waals surface area contributed by atoms with Crippen LogP contribution in [0.4, 0.5) is 0 Å². The normalized spacial score (nSPS) is 20.1. The van der Waals surface area contributed by atoms with Crippen molar-refractivity contribution in [2.75, 3.05) is 19.6 Å². The first kappa shape index (κ1) is 20.9. The molecule has 0 aliphatic carbocycles. The molecule has 1 unspecified atom stereocenters. The van der Waals surface area contributed by atoms with E-state index in [1.165, 1.54) is 42.9 Å². The zero-order valence-corrected chi connectivity index (χ0v) is 18.6. The summed E-state index contributed by atoms with van der Waals surface area (Å²) in [6.45, 7) is 2.48. The number of hydrazone groups is 1. The molecule has 2 aliphatic rings. The van der Waals surface area contributed by atoms with Crippen molar-refractivity contribution in [3.8, 4) is 0 Å². The highest BCUT2D eigenvalue weighted by molar-refractivity contribution is 6.05. The van der Waals surface area contributed by atoms with Crippen LogP contribution >= 0.6 is 0 Å². The van der Waals surface area contributed by atoms with Crippen LogP contribution in [0.1, 0.15) is 55.7 Å². The van der Waals surface area contributed by atoms with E-state index >= 15 is 0 Å². The fraction of sp³-hybridized carbons (Fsp3) is 0.357. The van der Waals surface area contributed by atoms with Gasteiger partial charge in [0.05, 0.1) is 18.3 Å². The van der Waals surface area contributed by atoms with Crippen LogP contribution in [-0.4, -0.2) is 41.2 Å². The van der Waals surface area contributed by atoms with Crippen molar-refractivity contribution in [2.45, 2.75) is 44.6 Å². The molecule has 0 radical (unpaired) electrons. The van der Waals surface area contributed by atoms with E-state index < -0.39 is 0 Å². The maximum absolute atomic E-state index is 13.5. The van der Waals surface area contributed by atoms with Gasteiger partial charge in [0, 0.05) is 6.42 Å². The molecule has 4 heteroatoms. The van der Waals surface area contributed by atoms with Crippen molar-refractivity contribution < 1.29 is 4.79 Å². The lowest BCUT2D eigenvalue weighted by Gasteiger charge is -2.27. The quantitative estimate of drug-likeness (QED) is 0.531. The molecule has 164 valence electrons. The molecule has 1 saturated heterocycles. The molecule has 1 atom stereocenters. The van der Waals surface area contributed by atoms with Crippen molar-refractivity contribution in [2.24, 2.45) is 5.10 Å². The lowest BCUT2D eigenvalue weighted by molar-refractivity contribution is -0.134. The topological polar surface area (TPSA) is 35.9 Å². The number of hydrogen-bond acceptors (Lipinski definition) is 3. The minimum absolute atomic E-state index is 0.0417. The Kier molecular flexibility index (Phi) is 6.31. The van der Waals surface area contributed by atoms with E-state index in [1.54, 1.807) is 5.01 Å². The molecular weight excluding hydrogens is 394 g/mol. The van der Waals surface area contributed by atoms with Crippen LogP contribution in [0.2, 0.25) is 0 Å². The molecular formula is C28H31N3O. The van der Waals surface area contributed by atoms with Crippen LogP contribution in [0, 0.1) is 0 Å². The van der Waals surface area contributed by atoms with Gasteiger partial charge in [0.25, 0.3) is 5.91 Å². The third kappa shape index (κ3) is 4.61. The van der Waals surface area contributed by atoms with Gasteiger partial charge in [0.1, 0.15) is 0 Å². The summed E-state index contributed by atoms with van der Waals surface area (Å²) in [5, 5.41) is 9.09. The summed E-state index contributed by atoms with van der Waals surface area (Å²) in [5.41, 5.74) is 3.24. The maximum atomic E-state index is 13.5. The molecule has 0 aromatic heterocycles. The van der Waals surface area contributed by atoms with E-state index in [2.05, 4.69) is 59.5 Å². The third-order valence-corrected chi connectivity index (χ3v) is 6.74. The molecule has 0 N–H and O–H groups in total. The number of benzene rings is 3. The maximum Gasteiger partial charge on any atom is 0.257 e. The Bertz CT molecular complexity index is 1100. The largest absolute Gasteiger partial charge is 0.294 e. The molecule has 32 heavy (non-hydrogen) atoms. The lowest BCUT2D eigenvalue weighted by Crippen LogP contribution is -2.39. The first-order chi connectivity index (χ1) is 15.8. The predicted octanol–water partition coefficient (Wildman–Crippen LogP) is 5.78. The highest BCUT2D eigenvalue weighted by atomic mass is 16.2. The smallest absolute Gasteiger partial charge is 0.257 e. The Balaban J connectivity index is 1.42. The van der Waals surface area contributed by atoms with E-state index in [-0.39, 0.29) is 11.9 Å². The average Bonchev–Trinajstić information content (AvgIpc) is 3.27. The van der Waals surface area contributed by atoms with E-state index in [0.717, 1.165) is 36.3 Å². The Morgan fingerprint density at radius 2 is 1.50 bits per heavy atom. The van der Waals surface area contributed by atoms with Gasteiger partial charge in [-0.25, -0.2) is 5.01 Å². The second-order valence-electron chi connectivity index (χ2n) is 9.02. The molecule has 3 aromatic rings. The molecule has 3 aromatic carbocycles. The average molecular weight is 426 g/mol. The number of nitrogens with zero attached hydrogens (tertiary/aromatic N) is 3. The first-order valence-corrected chi connectivity index (χ1v) is 11.9. The van der Waals surface area contributed by atoms with Gasteiger partial charge < -0.3 is 0 Å². The second kappa shape index (κ2) is 9.66. The van der Waals surface area contributed by atoms with E-state index in [9.17, 15) is 4.79 Å². The van der Waals surface area contributed by atoms with E-state index in [0.29, 0.717) is 6.54 Å². The fourth-order valence-corrected chi connectivity index (χ4v) is 4.95. The summed E-state index contributed by atoms with van der Waals surface area (Å²) >= 11 is 0. The predicted molar refractivity (Wildman–Crippen MR) is 131 cm³/mol. The van der Waals surface area contributed by atoms with Gasteiger partial charge in [-0.3, -0.25) is 9.69 Å². The molecule has 0 saturated carbocycles. The second-order valence-corrected chi connectivity index (χ2v) is 9.02. The summed E-state index contributed by atoms with van der Waals surface area (Å²) in [6.07, 6.45) is 6.97. The van der Waals surface area contributed by atoms with Crippen molar-refractivity contribution in [3.63, 3.8) is 0 Å². The number of carbonyl (C=O) groups excluding carboxylic acids is 1. The van der Waals surface area contributed by atoms with Crippen LogP contribution in [0.25, 0.3) is 10.8 Å². The number of likely N-dealkylation sites (tertiary alicyclic amines) is 1. The van der Waals surface area contributed by atoms with Crippen LogP contribution in [0.5, 0.6) is 0 Å². The molecule has 5 rings (SSSR count). The van der Waals surface area contributed by atoms with Gasteiger partial charge in [0.15, 0.2) is 0 Å². The van der Waals surface area contributed by atoms with E-state index in [4.69, 9.17) is 5.10 Å². The van der Waals surface area contributed by atoms with Crippen molar-refractivity contribution in [1.29, 1.82) is 0 Å². The minimum atomic E-state index is -0.0417. The number of rotatable bonds is 4. The highest BCUT2D eigenvalue weighted by Gasteiger charge is 2.33. The zero-order chi connectivity index (χ0) is 21.8. The molecule has 1 amide bonds. The number of hydrogen-bond donors (Lipinski definition) is 0. The first-order valence-electron chi connectivity index (χ1n) is 11.9. The molecule has 0 bridgehead atoms. The zero-order valence-electron chi connectivity index (χ0n) is 18.6. The molecule has 0 spiro atoms. The van der Waals surface area contributed by atoms with Crippen molar-refractivity contribution in [3.05, 3.63) is 83.9 Å². The monoisotopic (exact) mass is 425 g/mol. The standard InChI is InChI=1S/C28H31N3O/c32-28(21-30-17-9-2-1-3-10-18-30)31-27(23-12-5-4-6-13-23)20-26(29-31)25-16-15-22-11-7-8-14-24(22)19-25/h4-8,11-16,19,27H,1-3,9-10,17-18,20-21H2. The molecule has 2 heterocycles. The number of amides is 1. The Morgan fingerprint density at radius 3 is 2.28 bits per heavy atom. The fourth-order valence-electron chi connectivity index (χ4n) is 4.95. The van der Waals surface area contributed by atoms with Gasteiger partial charge in [-0.2, -0.15) is 5.10 Å².